The summed E-state index contributed by atoms with van der Waals surface area (Å²) in [5, 5.41) is 2.31. The molecule has 0 aliphatic rings. The number of nitrogen functional groups attached to an aromatic ring is 1. The first-order valence-corrected chi connectivity index (χ1v) is 8.43. The highest BCUT2D eigenvalue weighted by atomic mass is 19.2. The van der Waals surface area contributed by atoms with Crippen LogP contribution in [0.4, 0.5) is 27.6 Å². The molecule has 1 amide bonds. The van der Waals surface area contributed by atoms with Crippen LogP contribution in [-0.4, -0.2) is 17.9 Å². The number of carbonyl (C=O) groups is 2. The average molecular weight is 416 g/mol. The van der Waals surface area contributed by atoms with Crippen LogP contribution in [0, 0.1) is 35.0 Å². The van der Waals surface area contributed by atoms with Crippen molar-refractivity contribution in [3.63, 3.8) is 0 Å². The molecule has 2 aromatic carbocycles. The van der Waals surface area contributed by atoms with E-state index >= 15 is 0 Å². The van der Waals surface area contributed by atoms with Gasteiger partial charge < -0.3 is 15.8 Å². The van der Waals surface area contributed by atoms with Crippen LogP contribution in [-0.2, 0) is 4.79 Å². The van der Waals surface area contributed by atoms with Crippen molar-refractivity contribution in [2.75, 3.05) is 5.73 Å². The first kappa shape index (κ1) is 22.1. The highest BCUT2D eigenvalue weighted by Gasteiger charge is 2.32. The summed E-state index contributed by atoms with van der Waals surface area (Å²) in [6, 6.07) is 4.49. The number of halogens is 5. The number of carbonyl (C=O) groups excluding carboxylic acids is 2. The molecule has 3 N–H and O–H groups in total. The maximum absolute atomic E-state index is 13.8. The highest BCUT2D eigenvalue weighted by molar-refractivity contribution is 6.01. The summed E-state index contributed by atoms with van der Waals surface area (Å²) in [6.45, 7) is 3.36. The molecule has 29 heavy (non-hydrogen) atoms. The minimum Gasteiger partial charge on any atom is -0.418 e. The third-order valence-electron chi connectivity index (χ3n) is 3.87. The van der Waals surface area contributed by atoms with Gasteiger partial charge in [-0.15, -0.1) is 0 Å². The summed E-state index contributed by atoms with van der Waals surface area (Å²) in [6.07, 6.45) is -0.0350. The minimum absolute atomic E-state index is 0.0327. The molecule has 0 heterocycles. The number of nitrogens with one attached hydrogen (secondary N) is 1. The van der Waals surface area contributed by atoms with E-state index in [2.05, 4.69) is 10.1 Å². The molecule has 1 atom stereocenters. The van der Waals surface area contributed by atoms with Crippen molar-refractivity contribution >= 4 is 17.6 Å². The molecule has 0 aliphatic carbocycles. The third kappa shape index (κ3) is 4.82. The molecular weight excluding hydrogens is 399 g/mol. The zero-order valence-electron chi connectivity index (χ0n) is 15.4. The number of rotatable bonds is 6. The SMILES string of the molecule is CC(C)CC(NC(=O)c1ccccc1N)C(=O)Oc1c(F)c(F)c(F)c(F)c1F. The van der Waals surface area contributed by atoms with Gasteiger partial charge >= 0.3 is 5.97 Å². The number of anilines is 1. The zero-order valence-corrected chi connectivity index (χ0v) is 15.4. The van der Waals surface area contributed by atoms with E-state index in [9.17, 15) is 31.5 Å². The Morgan fingerprint density at radius 2 is 1.48 bits per heavy atom. The van der Waals surface area contributed by atoms with E-state index in [0.29, 0.717) is 0 Å². The number of ether oxygens (including phenoxy) is 1. The quantitative estimate of drug-likeness (QED) is 0.188. The van der Waals surface area contributed by atoms with E-state index in [0.717, 1.165) is 0 Å². The Morgan fingerprint density at radius 3 is 2.00 bits per heavy atom. The van der Waals surface area contributed by atoms with Gasteiger partial charge in [0.05, 0.1) is 5.56 Å². The topological polar surface area (TPSA) is 81.4 Å². The van der Waals surface area contributed by atoms with Crippen LogP contribution in [0.2, 0.25) is 0 Å². The fraction of sp³-hybridized carbons (Fsp3) is 0.263. The van der Waals surface area contributed by atoms with E-state index < -0.39 is 52.8 Å². The second kappa shape index (κ2) is 8.89. The minimum atomic E-state index is -2.38. The molecule has 0 fully saturated rings. The highest BCUT2D eigenvalue weighted by Crippen LogP contribution is 2.29. The van der Waals surface area contributed by atoms with Gasteiger partial charge in [-0.3, -0.25) is 4.79 Å². The summed E-state index contributed by atoms with van der Waals surface area (Å²) >= 11 is 0. The van der Waals surface area contributed by atoms with E-state index in [1.54, 1.807) is 19.9 Å². The monoisotopic (exact) mass is 416 g/mol. The van der Waals surface area contributed by atoms with Crippen molar-refractivity contribution in [1.82, 2.24) is 5.32 Å². The Labute approximate surface area is 162 Å². The van der Waals surface area contributed by atoms with Gasteiger partial charge in [0, 0.05) is 5.69 Å². The fourth-order valence-corrected chi connectivity index (χ4v) is 2.47. The van der Waals surface area contributed by atoms with E-state index in [1.807, 2.05) is 0 Å². The molecule has 0 spiro atoms. The number of nitrogens with two attached hydrogens (primary N) is 1. The summed E-state index contributed by atoms with van der Waals surface area (Å²) in [7, 11) is 0. The molecule has 0 saturated heterocycles. The van der Waals surface area contributed by atoms with Gasteiger partial charge in [-0.05, 0) is 24.5 Å². The average Bonchev–Trinajstić information content (AvgIpc) is 2.67. The van der Waals surface area contributed by atoms with E-state index in [-0.39, 0.29) is 23.6 Å². The Balaban J connectivity index is 2.31. The van der Waals surface area contributed by atoms with Crippen LogP contribution in [0.3, 0.4) is 0 Å². The van der Waals surface area contributed by atoms with Crippen LogP contribution >= 0.6 is 0 Å². The van der Waals surface area contributed by atoms with Gasteiger partial charge in [0.15, 0.2) is 0 Å². The molecular formula is C19H17F5N2O3. The van der Waals surface area contributed by atoms with Crippen LogP contribution in [0.5, 0.6) is 5.75 Å². The first-order valence-electron chi connectivity index (χ1n) is 8.43. The standard InChI is InChI=1S/C19H17F5N2O3/c1-8(2)7-11(26-18(27)9-5-3-4-6-10(9)25)19(28)29-17-15(23)13(21)12(20)14(22)16(17)24/h3-6,8,11H,7,25H2,1-2H3,(H,26,27). The fourth-order valence-electron chi connectivity index (χ4n) is 2.47. The number of para-hydroxylation sites is 1. The van der Waals surface area contributed by atoms with Crippen molar-refractivity contribution in [3.05, 3.63) is 58.9 Å². The maximum Gasteiger partial charge on any atom is 0.334 e. The molecule has 2 aromatic rings. The largest absolute Gasteiger partial charge is 0.418 e. The van der Waals surface area contributed by atoms with Crippen molar-refractivity contribution in [2.45, 2.75) is 26.3 Å². The van der Waals surface area contributed by atoms with Gasteiger partial charge in [-0.2, -0.15) is 8.78 Å². The van der Waals surface area contributed by atoms with Crippen molar-refractivity contribution in [1.29, 1.82) is 0 Å². The van der Waals surface area contributed by atoms with Crippen LogP contribution in [0.1, 0.15) is 30.6 Å². The normalized spacial score (nSPS) is 12.0. The Morgan fingerprint density at radius 1 is 0.966 bits per heavy atom. The summed E-state index contributed by atoms with van der Waals surface area (Å²) < 4.78 is 71.7. The lowest BCUT2D eigenvalue weighted by atomic mass is 10.0. The van der Waals surface area contributed by atoms with Crippen molar-refractivity contribution < 1.29 is 36.3 Å². The van der Waals surface area contributed by atoms with Crippen molar-refractivity contribution in [2.24, 2.45) is 5.92 Å². The lowest BCUT2D eigenvalue weighted by molar-refractivity contribution is -0.137. The zero-order chi connectivity index (χ0) is 21.9. The van der Waals surface area contributed by atoms with Gasteiger partial charge in [0.2, 0.25) is 34.8 Å². The molecule has 1 unspecified atom stereocenters. The van der Waals surface area contributed by atoms with Gasteiger partial charge in [0.1, 0.15) is 6.04 Å². The Bertz CT molecular complexity index is 921. The van der Waals surface area contributed by atoms with Crippen LogP contribution in [0.15, 0.2) is 24.3 Å². The molecule has 0 radical (unpaired) electrons. The maximum atomic E-state index is 13.8. The number of amides is 1. The lowest BCUT2D eigenvalue weighted by Crippen LogP contribution is -2.44. The molecule has 2 rings (SSSR count). The predicted octanol–water partition coefficient (Wildman–Crippen LogP) is 3.71. The molecule has 0 bridgehead atoms. The number of hydrogen-bond acceptors (Lipinski definition) is 4. The Hall–Kier alpha value is -3.17. The number of benzene rings is 2. The number of esters is 1. The predicted molar refractivity (Wildman–Crippen MR) is 93.4 cm³/mol. The summed E-state index contributed by atoms with van der Waals surface area (Å²) in [5.41, 5.74) is 5.84. The molecule has 0 aromatic heterocycles. The smallest absolute Gasteiger partial charge is 0.334 e. The van der Waals surface area contributed by atoms with Crippen molar-refractivity contribution in [3.8, 4) is 5.75 Å². The molecule has 0 saturated carbocycles. The number of hydrogen-bond donors (Lipinski definition) is 2. The summed E-state index contributed by atoms with van der Waals surface area (Å²) in [5.74, 6) is -15.6. The van der Waals surface area contributed by atoms with E-state index in [4.69, 9.17) is 5.73 Å². The summed E-state index contributed by atoms with van der Waals surface area (Å²) in [4.78, 5) is 24.8. The Kier molecular flexibility index (Phi) is 6.78. The molecule has 156 valence electrons. The van der Waals surface area contributed by atoms with Gasteiger partial charge in [-0.1, -0.05) is 26.0 Å². The molecule has 10 heteroatoms. The lowest BCUT2D eigenvalue weighted by Gasteiger charge is -2.20. The first-order chi connectivity index (χ1) is 13.5. The second-order valence-corrected chi connectivity index (χ2v) is 6.56. The second-order valence-electron chi connectivity index (χ2n) is 6.56. The van der Waals surface area contributed by atoms with E-state index in [1.165, 1.54) is 18.2 Å². The molecule has 0 aliphatic heterocycles. The van der Waals surface area contributed by atoms with Crippen LogP contribution in [0.25, 0.3) is 0 Å². The van der Waals surface area contributed by atoms with Gasteiger partial charge in [-0.25, -0.2) is 18.0 Å². The van der Waals surface area contributed by atoms with Gasteiger partial charge in [0.25, 0.3) is 5.91 Å². The third-order valence-corrected chi connectivity index (χ3v) is 3.87. The van der Waals surface area contributed by atoms with Crippen LogP contribution < -0.4 is 15.8 Å². The molecule has 5 nitrogen and oxygen atoms in total.